The molecular weight excluding hydrogens is 602 g/mol. The van der Waals surface area contributed by atoms with Crippen molar-refractivity contribution in [2.24, 2.45) is 0 Å². The fourth-order valence-corrected chi connectivity index (χ4v) is 7.32. The molecule has 0 spiro atoms. The quantitative estimate of drug-likeness (QED) is 0.0870. The van der Waals surface area contributed by atoms with E-state index < -0.39 is 75.3 Å². The van der Waals surface area contributed by atoms with Gasteiger partial charge in [-0.25, -0.2) is 9.52 Å². The molecule has 0 bridgehead atoms. The Kier molecular flexibility index (Phi) is 9.62. The van der Waals surface area contributed by atoms with Gasteiger partial charge in [0.15, 0.2) is 0 Å². The number of carbonyl (C=O) groups excluding carboxylic acids is 4. The van der Waals surface area contributed by atoms with Crippen LogP contribution in [0.3, 0.4) is 0 Å². The Hall–Kier alpha value is -4.15. The number of nitro benzene ring substituents is 1. The highest BCUT2D eigenvalue weighted by Crippen LogP contribution is 2.50. The molecule has 2 aromatic carbocycles. The number of nitro groups is 1. The SMILES string of the molecule is COC(=O)CC(NSc1ccccc1[N+](=O)[O-])C(=O)NC(C(=O)N[C@@H]1C(=O)N2[C@@H]1SC(C)(C)[C@@H]2C(=O)O)c1ccccc1. The second kappa shape index (κ2) is 13.0. The number of nitrogens with zero attached hydrogens (tertiary/aromatic N) is 2. The Labute approximate surface area is 254 Å². The van der Waals surface area contributed by atoms with Crippen LogP contribution in [-0.4, -0.2) is 79.9 Å². The molecular formula is C27H29N5O9S2. The van der Waals surface area contributed by atoms with Crippen LogP contribution in [0.1, 0.15) is 31.9 Å². The number of thioether (sulfide) groups is 1. The Balaban J connectivity index is 1.53. The fourth-order valence-electron chi connectivity index (χ4n) is 4.84. The number of esters is 1. The van der Waals surface area contributed by atoms with Crippen LogP contribution in [0.25, 0.3) is 0 Å². The summed E-state index contributed by atoms with van der Waals surface area (Å²) in [6.45, 7) is 3.43. The predicted molar refractivity (Wildman–Crippen MR) is 155 cm³/mol. The van der Waals surface area contributed by atoms with Crippen molar-refractivity contribution in [2.75, 3.05) is 7.11 Å². The first kappa shape index (κ1) is 31.8. The number of carboxylic acid groups (broad SMARTS) is 1. The Bertz CT molecular complexity index is 1440. The smallest absolute Gasteiger partial charge is 0.327 e. The zero-order valence-corrected chi connectivity index (χ0v) is 24.8. The van der Waals surface area contributed by atoms with Crippen LogP contribution in [0.2, 0.25) is 0 Å². The summed E-state index contributed by atoms with van der Waals surface area (Å²) in [6.07, 6.45) is -0.459. The Morgan fingerprint density at radius 3 is 2.40 bits per heavy atom. The second-order valence-electron chi connectivity index (χ2n) is 10.2. The van der Waals surface area contributed by atoms with Crippen LogP contribution in [0.15, 0.2) is 59.5 Å². The van der Waals surface area contributed by atoms with E-state index in [-0.39, 0.29) is 10.6 Å². The van der Waals surface area contributed by atoms with Crippen LogP contribution in [-0.2, 0) is 28.7 Å². The van der Waals surface area contributed by atoms with Crippen molar-refractivity contribution in [3.63, 3.8) is 0 Å². The average molecular weight is 632 g/mol. The second-order valence-corrected chi connectivity index (χ2v) is 12.9. The third-order valence-corrected chi connectivity index (χ3v) is 9.48. The summed E-state index contributed by atoms with van der Waals surface area (Å²) in [4.78, 5) is 76.3. The summed E-state index contributed by atoms with van der Waals surface area (Å²) in [6, 6.07) is 9.38. The van der Waals surface area contributed by atoms with Crippen LogP contribution in [0.4, 0.5) is 5.69 Å². The molecule has 2 aliphatic heterocycles. The fraction of sp³-hybridized carbons (Fsp3) is 0.370. The summed E-state index contributed by atoms with van der Waals surface area (Å²) < 4.78 is 6.68. The number of carboxylic acids is 1. The number of amides is 3. The minimum atomic E-state index is -1.30. The Morgan fingerprint density at radius 2 is 1.77 bits per heavy atom. The number of rotatable bonds is 12. The van der Waals surface area contributed by atoms with Gasteiger partial charge in [-0.1, -0.05) is 42.5 Å². The van der Waals surface area contributed by atoms with E-state index in [4.69, 9.17) is 4.74 Å². The number of fused-ring (bicyclic) bond motifs is 1. The molecule has 16 heteroatoms. The lowest BCUT2D eigenvalue weighted by Crippen LogP contribution is -2.71. The molecule has 2 aliphatic rings. The summed E-state index contributed by atoms with van der Waals surface area (Å²) in [7, 11) is 1.14. The summed E-state index contributed by atoms with van der Waals surface area (Å²) >= 11 is 2.03. The van der Waals surface area contributed by atoms with Gasteiger partial charge in [0.05, 0.1) is 18.5 Å². The molecule has 2 aromatic rings. The first-order valence-corrected chi connectivity index (χ1v) is 14.7. The molecule has 0 radical (unpaired) electrons. The number of aliphatic carboxylic acids is 1. The van der Waals surface area contributed by atoms with Crippen molar-refractivity contribution >= 4 is 59.1 Å². The van der Waals surface area contributed by atoms with Gasteiger partial charge >= 0.3 is 11.9 Å². The number of hydrogen-bond donors (Lipinski definition) is 4. The van der Waals surface area contributed by atoms with Gasteiger partial charge in [-0.2, -0.15) is 0 Å². The van der Waals surface area contributed by atoms with E-state index in [2.05, 4.69) is 15.4 Å². The van der Waals surface area contributed by atoms with Gasteiger partial charge < -0.3 is 25.4 Å². The molecule has 5 atom stereocenters. The van der Waals surface area contributed by atoms with Gasteiger partial charge in [-0.3, -0.25) is 29.3 Å². The molecule has 0 aromatic heterocycles. The standard InChI is InChI=1S/C27H29N5O9S2/c1-27(2)21(26(37)38)31-24(36)20(25(31)42-27)29-23(35)19(14-9-5-4-6-10-14)28-22(34)15(13-18(33)41-3)30-43-17-12-8-7-11-16(17)32(39)40/h4-12,15,19-21,25,30H,13H2,1-3H3,(H,28,34)(H,29,35)(H,37,38)/t15?,19?,20-,21+,25-/m1/s1. The largest absolute Gasteiger partial charge is 0.480 e. The molecule has 3 amide bonds. The molecule has 4 N–H and O–H groups in total. The molecule has 2 unspecified atom stereocenters. The van der Waals surface area contributed by atoms with E-state index in [1.165, 1.54) is 34.9 Å². The van der Waals surface area contributed by atoms with Gasteiger partial charge in [0.25, 0.3) is 5.69 Å². The number of hydrogen-bond acceptors (Lipinski definition) is 11. The van der Waals surface area contributed by atoms with Crippen molar-refractivity contribution < 1.29 is 38.7 Å². The van der Waals surface area contributed by atoms with Crippen LogP contribution in [0, 0.1) is 10.1 Å². The van der Waals surface area contributed by atoms with E-state index in [0.717, 1.165) is 19.1 Å². The zero-order chi connectivity index (χ0) is 31.5. The Morgan fingerprint density at radius 1 is 1.12 bits per heavy atom. The number of benzene rings is 2. The molecule has 2 fully saturated rings. The highest BCUT2D eigenvalue weighted by atomic mass is 32.2. The van der Waals surface area contributed by atoms with E-state index in [1.54, 1.807) is 50.2 Å². The van der Waals surface area contributed by atoms with Crippen LogP contribution < -0.4 is 15.4 Å². The number of β-lactam (4-membered cyclic amide) rings is 1. The molecule has 2 heterocycles. The maximum atomic E-state index is 13.6. The van der Waals surface area contributed by atoms with Crippen LogP contribution in [0.5, 0.6) is 0 Å². The molecule has 4 rings (SSSR count). The average Bonchev–Trinajstić information content (AvgIpc) is 3.24. The van der Waals surface area contributed by atoms with Gasteiger partial charge in [-0.15, -0.1) is 11.8 Å². The number of methoxy groups -OCH3 is 1. The molecule has 0 saturated carbocycles. The topological polar surface area (TPSA) is 197 Å². The zero-order valence-electron chi connectivity index (χ0n) is 23.2. The molecule has 228 valence electrons. The number of nitrogens with one attached hydrogen (secondary N) is 3. The molecule has 2 saturated heterocycles. The third kappa shape index (κ3) is 6.76. The highest BCUT2D eigenvalue weighted by molar-refractivity contribution is 8.01. The monoisotopic (exact) mass is 631 g/mol. The number of para-hydroxylation sites is 1. The van der Waals surface area contributed by atoms with Crippen molar-refractivity contribution in [1.29, 1.82) is 0 Å². The maximum Gasteiger partial charge on any atom is 0.327 e. The van der Waals surface area contributed by atoms with E-state index in [1.807, 2.05) is 0 Å². The first-order chi connectivity index (χ1) is 20.4. The molecule has 14 nitrogen and oxygen atoms in total. The lowest BCUT2D eigenvalue weighted by molar-refractivity contribution is -0.387. The van der Waals surface area contributed by atoms with Gasteiger partial charge in [0, 0.05) is 10.8 Å². The first-order valence-electron chi connectivity index (χ1n) is 13.0. The lowest BCUT2D eigenvalue weighted by atomic mass is 9.95. The van der Waals surface area contributed by atoms with E-state index in [9.17, 15) is 39.2 Å². The normalized spacial score (nSPS) is 21.5. The molecule has 0 aliphatic carbocycles. The van der Waals surface area contributed by atoms with E-state index in [0.29, 0.717) is 5.56 Å². The van der Waals surface area contributed by atoms with Gasteiger partial charge in [0.2, 0.25) is 17.7 Å². The minimum absolute atomic E-state index is 0.192. The van der Waals surface area contributed by atoms with Crippen molar-refractivity contribution in [3.8, 4) is 0 Å². The number of ether oxygens (including phenoxy) is 1. The van der Waals surface area contributed by atoms with Crippen LogP contribution >= 0.6 is 23.7 Å². The number of carbonyl (C=O) groups is 5. The maximum absolute atomic E-state index is 13.6. The van der Waals surface area contributed by atoms with Gasteiger partial charge in [-0.05, 0) is 37.4 Å². The summed E-state index contributed by atoms with van der Waals surface area (Å²) in [5.74, 6) is -3.95. The minimum Gasteiger partial charge on any atom is -0.480 e. The lowest BCUT2D eigenvalue weighted by Gasteiger charge is -2.44. The van der Waals surface area contributed by atoms with Crippen molar-refractivity contribution in [3.05, 3.63) is 70.3 Å². The summed E-state index contributed by atoms with van der Waals surface area (Å²) in [5, 5.41) is 25.7. The molecule has 43 heavy (non-hydrogen) atoms. The van der Waals surface area contributed by atoms with E-state index >= 15 is 0 Å². The summed E-state index contributed by atoms with van der Waals surface area (Å²) in [5.41, 5.74) is 0.166. The predicted octanol–water partition coefficient (Wildman–Crippen LogP) is 1.61. The van der Waals surface area contributed by atoms with Crippen molar-refractivity contribution in [2.45, 2.75) is 59.5 Å². The van der Waals surface area contributed by atoms with Crippen molar-refractivity contribution in [1.82, 2.24) is 20.3 Å². The third-order valence-electron chi connectivity index (χ3n) is 6.94. The highest BCUT2D eigenvalue weighted by Gasteiger charge is 2.64. The van der Waals surface area contributed by atoms with Gasteiger partial charge in [0.1, 0.15) is 34.4 Å².